The fraction of sp³-hybridized carbons (Fsp3) is 0.857. The Morgan fingerprint density at radius 3 is 2.72 bits per heavy atom. The molecule has 0 bridgehead atoms. The number of unbranched alkanes of at least 4 members (excludes halogenated alkanes) is 1. The highest BCUT2D eigenvalue weighted by atomic mass is 16.5. The Hall–Kier alpha value is -0.710. The maximum atomic E-state index is 12.3. The van der Waals surface area contributed by atoms with E-state index in [9.17, 15) is 15.0 Å². The van der Waals surface area contributed by atoms with Crippen LogP contribution in [0.2, 0.25) is 0 Å². The average Bonchev–Trinajstić information content (AvgIpc) is 2.63. The van der Waals surface area contributed by atoms with Crippen LogP contribution in [-0.2, 0) is 9.53 Å². The van der Waals surface area contributed by atoms with Crippen LogP contribution in [0, 0.1) is 17.8 Å². The minimum atomic E-state index is -0.667. The molecule has 0 radical (unpaired) electrons. The Bertz CT molecular complexity index is 482. The van der Waals surface area contributed by atoms with Gasteiger partial charge in [0.05, 0.1) is 12.2 Å². The van der Waals surface area contributed by atoms with Crippen molar-refractivity contribution in [3.05, 3.63) is 12.2 Å². The summed E-state index contributed by atoms with van der Waals surface area (Å²) in [7, 11) is 0. The third kappa shape index (κ3) is 3.86. The van der Waals surface area contributed by atoms with Gasteiger partial charge in [-0.25, -0.2) is 0 Å². The SMILES string of the molecule is CCCCO[C@]12CC[C@@H](O)[C@H](/C=C/[C@@H](O)C3CCCCC3)[C@H]1CC2=O. The normalized spacial score (nSPS) is 37.7. The number of aliphatic hydroxyl groups excluding tert-OH is 2. The Morgan fingerprint density at radius 1 is 1.28 bits per heavy atom. The summed E-state index contributed by atoms with van der Waals surface area (Å²) in [4.78, 5) is 12.3. The van der Waals surface area contributed by atoms with Crippen molar-refractivity contribution >= 4 is 5.78 Å². The molecule has 0 heterocycles. The van der Waals surface area contributed by atoms with Crippen LogP contribution in [0.4, 0.5) is 0 Å². The fourth-order valence-electron chi connectivity index (χ4n) is 5.00. The molecule has 3 rings (SSSR count). The van der Waals surface area contributed by atoms with Gasteiger partial charge in [-0.05, 0) is 38.0 Å². The van der Waals surface area contributed by atoms with Crippen LogP contribution in [0.3, 0.4) is 0 Å². The van der Waals surface area contributed by atoms with E-state index >= 15 is 0 Å². The fourth-order valence-corrected chi connectivity index (χ4v) is 5.00. The maximum absolute atomic E-state index is 12.3. The molecule has 142 valence electrons. The Kier molecular flexibility index (Phi) is 6.35. The van der Waals surface area contributed by atoms with E-state index in [4.69, 9.17) is 4.74 Å². The number of rotatable bonds is 7. The van der Waals surface area contributed by atoms with Gasteiger partial charge in [-0.3, -0.25) is 4.79 Å². The first-order valence-electron chi connectivity index (χ1n) is 10.3. The lowest BCUT2D eigenvalue weighted by molar-refractivity contribution is -0.199. The number of hydrogen-bond acceptors (Lipinski definition) is 4. The zero-order valence-electron chi connectivity index (χ0n) is 15.5. The first kappa shape index (κ1) is 19.1. The first-order chi connectivity index (χ1) is 12.1. The van der Waals surface area contributed by atoms with Crippen molar-refractivity contribution in [3.8, 4) is 0 Å². The summed E-state index contributed by atoms with van der Waals surface area (Å²) in [6.45, 7) is 2.74. The van der Waals surface area contributed by atoms with Crippen molar-refractivity contribution in [3.63, 3.8) is 0 Å². The van der Waals surface area contributed by atoms with Gasteiger partial charge >= 0.3 is 0 Å². The lowest BCUT2D eigenvalue weighted by atomic mass is 9.55. The van der Waals surface area contributed by atoms with E-state index < -0.39 is 17.8 Å². The van der Waals surface area contributed by atoms with Crippen molar-refractivity contribution in [1.29, 1.82) is 0 Å². The number of carbonyl (C=O) groups is 1. The summed E-state index contributed by atoms with van der Waals surface area (Å²) in [5.41, 5.74) is -0.667. The minimum Gasteiger partial charge on any atom is -0.393 e. The van der Waals surface area contributed by atoms with Crippen molar-refractivity contribution in [2.45, 2.75) is 88.9 Å². The quantitative estimate of drug-likeness (QED) is 0.545. The highest BCUT2D eigenvalue weighted by molar-refractivity contribution is 5.94. The molecule has 0 spiro atoms. The predicted octanol–water partition coefficient (Wildman–Crippen LogP) is 3.40. The van der Waals surface area contributed by atoms with Crippen LogP contribution < -0.4 is 0 Å². The summed E-state index contributed by atoms with van der Waals surface area (Å²) in [6.07, 6.45) is 12.6. The van der Waals surface area contributed by atoms with E-state index in [0.717, 1.165) is 25.7 Å². The number of fused-ring (bicyclic) bond motifs is 1. The van der Waals surface area contributed by atoms with Crippen LogP contribution >= 0.6 is 0 Å². The zero-order chi connectivity index (χ0) is 17.9. The zero-order valence-corrected chi connectivity index (χ0v) is 15.5. The van der Waals surface area contributed by atoms with Crippen LogP contribution in [0.5, 0.6) is 0 Å². The number of ketones is 1. The molecular formula is C21H34O4. The van der Waals surface area contributed by atoms with Crippen LogP contribution in [0.15, 0.2) is 12.2 Å². The molecule has 3 saturated carbocycles. The monoisotopic (exact) mass is 350 g/mol. The molecule has 0 aromatic rings. The molecule has 4 heteroatoms. The smallest absolute Gasteiger partial charge is 0.165 e. The molecule has 0 aromatic carbocycles. The molecule has 0 aromatic heterocycles. The molecule has 3 aliphatic rings. The summed E-state index contributed by atoms with van der Waals surface area (Å²) < 4.78 is 6.07. The third-order valence-corrected chi connectivity index (χ3v) is 6.72. The molecule has 3 aliphatic carbocycles. The first-order valence-corrected chi connectivity index (χ1v) is 10.3. The second kappa shape index (κ2) is 8.32. The summed E-state index contributed by atoms with van der Waals surface area (Å²) >= 11 is 0. The number of ether oxygens (including phenoxy) is 1. The Balaban J connectivity index is 1.65. The molecular weight excluding hydrogens is 316 g/mol. The third-order valence-electron chi connectivity index (χ3n) is 6.72. The largest absolute Gasteiger partial charge is 0.393 e. The topological polar surface area (TPSA) is 66.8 Å². The highest BCUT2D eigenvalue weighted by Crippen LogP contribution is 2.52. The minimum absolute atomic E-state index is 0.0652. The molecule has 25 heavy (non-hydrogen) atoms. The molecule has 4 nitrogen and oxygen atoms in total. The van der Waals surface area contributed by atoms with E-state index in [1.54, 1.807) is 0 Å². The van der Waals surface area contributed by atoms with Gasteiger partial charge in [0.25, 0.3) is 0 Å². The van der Waals surface area contributed by atoms with Crippen molar-refractivity contribution < 1.29 is 19.7 Å². The van der Waals surface area contributed by atoms with Gasteiger partial charge < -0.3 is 14.9 Å². The maximum Gasteiger partial charge on any atom is 0.165 e. The number of Topliss-reactive ketones (excluding diaryl/α,β-unsaturated/α-hetero) is 1. The Labute approximate surface area is 151 Å². The molecule has 0 aliphatic heterocycles. The lowest BCUT2D eigenvalue weighted by Crippen LogP contribution is -2.65. The number of carbonyl (C=O) groups excluding carboxylic acids is 1. The second-order valence-corrected chi connectivity index (χ2v) is 8.28. The molecule has 2 N–H and O–H groups in total. The van der Waals surface area contributed by atoms with Gasteiger partial charge in [-0.1, -0.05) is 44.8 Å². The molecule has 0 amide bonds. The summed E-state index contributed by atoms with van der Waals surface area (Å²) in [5.74, 6) is 0.535. The predicted molar refractivity (Wildman–Crippen MR) is 97.2 cm³/mol. The van der Waals surface area contributed by atoms with E-state index in [-0.39, 0.29) is 17.6 Å². The van der Waals surface area contributed by atoms with Crippen molar-refractivity contribution in [1.82, 2.24) is 0 Å². The molecule has 5 atom stereocenters. The number of aliphatic hydroxyl groups is 2. The van der Waals surface area contributed by atoms with Gasteiger partial charge in [0.15, 0.2) is 5.78 Å². The van der Waals surface area contributed by atoms with Crippen molar-refractivity contribution in [2.75, 3.05) is 6.61 Å². The molecule has 0 unspecified atom stereocenters. The second-order valence-electron chi connectivity index (χ2n) is 8.28. The summed E-state index contributed by atoms with van der Waals surface area (Å²) in [6, 6.07) is 0. The lowest BCUT2D eigenvalue weighted by Gasteiger charge is -2.54. The van der Waals surface area contributed by atoms with Gasteiger partial charge in [0.1, 0.15) is 5.60 Å². The summed E-state index contributed by atoms with van der Waals surface area (Å²) in [5, 5.41) is 21.0. The van der Waals surface area contributed by atoms with Crippen molar-refractivity contribution in [2.24, 2.45) is 17.8 Å². The van der Waals surface area contributed by atoms with E-state index in [1.807, 2.05) is 12.2 Å². The van der Waals surface area contributed by atoms with E-state index in [0.29, 0.717) is 31.8 Å². The molecule has 0 saturated heterocycles. The number of hydrogen-bond donors (Lipinski definition) is 2. The highest BCUT2D eigenvalue weighted by Gasteiger charge is 2.61. The molecule has 3 fully saturated rings. The average molecular weight is 350 g/mol. The van der Waals surface area contributed by atoms with Crippen LogP contribution in [0.1, 0.15) is 71.1 Å². The van der Waals surface area contributed by atoms with Gasteiger partial charge in [0.2, 0.25) is 0 Å². The Morgan fingerprint density at radius 2 is 2.04 bits per heavy atom. The van der Waals surface area contributed by atoms with Crippen LogP contribution in [0.25, 0.3) is 0 Å². The van der Waals surface area contributed by atoms with Crippen LogP contribution in [-0.4, -0.2) is 40.4 Å². The van der Waals surface area contributed by atoms with Gasteiger partial charge in [-0.2, -0.15) is 0 Å². The van der Waals surface area contributed by atoms with E-state index in [1.165, 1.54) is 19.3 Å². The standard InChI is InChI=1S/C21H34O4/c1-2-3-13-25-21-12-11-19(23)16(17(21)14-20(21)24)9-10-18(22)15-7-5-4-6-8-15/h9-10,15-19,22-23H,2-8,11-14H2,1H3/b10-9+/t16-,17-,18-,19-,21-/m1/s1. The van der Waals surface area contributed by atoms with Gasteiger partial charge in [-0.15, -0.1) is 0 Å². The van der Waals surface area contributed by atoms with E-state index in [2.05, 4.69) is 6.92 Å². The van der Waals surface area contributed by atoms with Gasteiger partial charge in [0, 0.05) is 24.9 Å².